The summed E-state index contributed by atoms with van der Waals surface area (Å²) in [4.78, 5) is 0. The molecular weight excluding hydrogens is 410 g/mol. The molecule has 0 aromatic heterocycles. The molecule has 0 aromatic rings. The fourth-order valence-corrected chi connectivity index (χ4v) is 4.13. The molecular formula is C21H46NO7S+. The van der Waals surface area contributed by atoms with Crippen molar-refractivity contribution in [2.24, 2.45) is 5.92 Å². The highest BCUT2D eigenvalue weighted by Crippen LogP contribution is 2.15. The zero-order chi connectivity index (χ0) is 22.7. The van der Waals surface area contributed by atoms with E-state index in [9.17, 15) is 8.42 Å². The fraction of sp³-hybridized carbons (Fsp3) is 1.00. The maximum Gasteiger partial charge on any atom is 0.265 e. The van der Waals surface area contributed by atoms with Crippen LogP contribution in [0.3, 0.4) is 0 Å². The molecule has 0 spiro atoms. The Morgan fingerprint density at radius 3 is 1.73 bits per heavy atom. The Bertz CT molecular complexity index is 474. The number of aliphatic hydroxyl groups is 2. The number of nitrogens with zero attached hydrogens (tertiary/aromatic N) is 1. The summed E-state index contributed by atoms with van der Waals surface area (Å²) in [6.45, 7) is 8.83. The quantitative estimate of drug-likeness (QED) is 0.130. The van der Waals surface area contributed by atoms with Crippen molar-refractivity contribution in [2.45, 2.75) is 58.8 Å². The Balaban J connectivity index is 4.77. The Morgan fingerprint density at radius 2 is 1.23 bits per heavy atom. The lowest BCUT2D eigenvalue weighted by atomic mass is 10.0. The molecule has 0 saturated heterocycles. The highest BCUT2D eigenvalue weighted by molar-refractivity contribution is 7.85. The molecule has 182 valence electrons. The predicted octanol–water partition coefficient (Wildman–Crippen LogP) is 2.10. The smallest absolute Gasteiger partial charge is 0.265 e. The molecule has 0 saturated carbocycles. The minimum Gasteiger partial charge on any atom is -0.394 e. The lowest BCUT2D eigenvalue weighted by Crippen LogP contribution is -2.53. The van der Waals surface area contributed by atoms with E-state index in [1.807, 2.05) is 0 Å². The summed E-state index contributed by atoms with van der Waals surface area (Å²) in [5.41, 5.74) is 0. The van der Waals surface area contributed by atoms with Crippen LogP contribution >= 0.6 is 0 Å². The van der Waals surface area contributed by atoms with E-state index in [2.05, 4.69) is 13.8 Å². The number of quaternary nitrogens is 1. The van der Waals surface area contributed by atoms with E-state index in [1.165, 1.54) is 25.7 Å². The van der Waals surface area contributed by atoms with Crippen molar-refractivity contribution >= 4 is 10.1 Å². The number of rotatable bonds is 22. The van der Waals surface area contributed by atoms with Crippen LogP contribution in [-0.2, 0) is 19.6 Å². The number of ether oxygens (including phenoxy) is 2. The molecule has 30 heavy (non-hydrogen) atoms. The summed E-state index contributed by atoms with van der Waals surface area (Å²) in [7, 11) is -3.99. The average molecular weight is 457 g/mol. The Morgan fingerprint density at radius 1 is 0.733 bits per heavy atom. The van der Waals surface area contributed by atoms with Gasteiger partial charge in [-0.3, -0.25) is 4.55 Å². The molecule has 9 heteroatoms. The first-order chi connectivity index (χ1) is 14.2. The summed E-state index contributed by atoms with van der Waals surface area (Å²) in [6, 6.07) is 0. The van der Waals surface area contributed by atoms with Gasteiger partial charge in [0.2, 0.25) is 0 Å². The molecule has 0 amide bonds. The first-order valence-corrected chi connectivity index (χ1v) is 13.0. The maximum absolute atomic E-state index is 11.2. The molecule has 0 heterocycles. The van der Waals surface area contributed by atoms with Crippen molar-refractivity contribution in [3.8, 4) is 0 Å². The summed E-state index contributed by atoms with van der Waals surface area (Å²) >= 11 is 0. The minimum atomic E-state index is -3.99. The third kappa shape index (κ3) is 18.5. The Kier molecular flexibility index (Phi) is 18.1. The van der Waals surface area contributed by atoms with Crippen molar-refractivity contribution in [1.82, 2.24) is 0 Å². The van der Waals surface area contributed by atoms with Crippen LogP contribution in [0.2, 0.25) is 0 Å². The van der Waals surface area contributed by atoms with Gasteiger partial charge in [-0.15, -0.1) is 0 Å². The Labute approximate surface area is 183 Å². The molecule has 0 unspecified atom stereocenters. The molecule has 0 aliphatic carbocycles. The van der Waals surface area contributed by atoms with Gasteiger partial charge >= 0.3 is 0 Å². The van der Waals surface area contributed by atoms with E-state index < -0.39 is 10.1 Å². The molecule has 3 N–H and O–H groups in total. The second-order valence-corrected chi connectivity index (χ2v) is 10.1. The van der Waals surface area contributed by atoms with Crippen molar-refractivity contribution < 1.29 is 37.1 Å². The predicted molar refractivity (Wildman–Crippen MR) is 119 cm³/mol. The second-order valence-electron chi connectivity index (χ2n) is 8.50. The highest BCUT2D eigenvalue weighted by Gasteiger charge is 2.27. The van der Waals surface area contributed by atoms with Crippen LogP contribution in [0, 0.1) is 5.92 Å². The standard InChI is InChI=1S/C21H45NO7S/c1-21(2)9-6-4-3-5-7-10-22(12-16-28-18-14-23,13-17-29-19-15-24)11-8-20-30(25,26)27/h21,23-24H,3-20H2,1-2H3/p+1. The number of unbranched alkanes of at least 4 members (excludes halogenated alkanes) is 4. The molecule has 0 bridgehead atoms. The summed E-state index contributed by atoms with van der Waals surface area (Å²) in [5, 5.41) is 17.9. The second kappa shape index (κ2) is 18.3. The largest absolute Gasteiger partial charge is 0.394 e. The van der Waals surface area contributed by atoms with E-state index in [4.69, 9.17) is 24.2 Å². The maximum atomic E-state index is 11.2. The zero-order valence-corrected chi connectivity index (χ0v) is 20.0. The summed E-state index contributed by atoms with van der Waals surface area (Å²) in [5.74, 6) is 0.493. The molecule has 0 atom stereocenters. The third-order valence-electron chi connectivity index (χ3n) is 5.34. The van der Waals surface area contributed by atoms with Gasteiger partial charge in [-0.2, -0.15) is 8.42 Å². The monoisotopic (exact) mass is 456 g/mol. The molecule has 0 rings (SSSR count). The van der Waals surface area contributed by atoms with Gasteiger partial charge in [-0.25, -0.2) is 0 Å². The van der Waals surface area contributed by atoms with Gasteiger partial charge in [0.05, 0.1) is 58.5 Å². The van der Waals surface area contributed by atoms with Crippen molar-refractivity contribution in [3.05, 3.63) is 0 Å². The normalized spacial score (nSPS) is 12.7. The zero-order valence-electron chi connectivity index (χ0n) is 19.1. The van der Waals surface area contributed by atoms with Crippen LogP contribution in [0.1, 0.15) is 58.8 Å². The van der Waals surface area contributed by atoms with E-state index >= 15 is 0 Å². The Hall–Kier alpha value is -0.290. The topological polar surface area (TPSA) is 113 Å². The van der Waals surface area contributed by atoms with Crippen LogP contribution in [0.25, 0.3) is 0 Å². The van der Waals surface area contributed by atoms with Crippen molar-refractivity contribution in [1.29, 1.82) is 0 Å². The van der Waals surface area contributed by atoms with Crippen LogP contribution in [0.5, 0.6) is 0 Å². The third-order valence-corrected chi connectivity index (χ3v) is 6.14. The molecule has 0 radical (unpaired) electrons. The molecule has 0 aliphatic heterocycles. The van der Waals surface area contributed by atoms with Crippen LogP contribution in [0.4, 0.5) is 0 Å². The van der Waals surface area contributed by atoms with E-state index in [0.29, 0.717) is 43.8 Å². The lowest BCUT2D eigenvalue weighted by molar-refractivity contribution is -0.929. The highest BCUT2D eigenvalue weighted by atomic mass is 32.2. The van der Waals surface area contributed by atoms with Crippen LogP contribution in [-0.4, -0.2) is 99.2 Å². The molecule has 0 aromatic carbocycles. The summed E-state index contributed by atoms with van der Waals surface area (Å²) < 4.78 is 43.1. The van der Waals surface area contributed by atoms with E-state index in [-0.39, 0.29) is 32.2 Å². The van der Waals surface area contributed by atoms with Gasteiger partial charge in [0.15, 0.2) is 0 Å². The number of hydrogen-bond donors (Lipinski definition) is 3. The van der Waals surface area contributed by atoms with Gasteiger partial charge < -0.3 is 24.2 Å². The average Bonchev–Trinajstić information content (AvgIpc) is 2.66. The van der Waals surface area contributed by atoms with Crippen LogP contribution < -0.4 is 0 Å². The molecule has 0 aliphatic rings. The SMILES string of the molecule is CC(C)CCCCCCC[N+](CCCS(=O)(=O)O)(CCOCCO)CCOCCO. The fourth-order valence-electron chi connectivity index (χ4n) is 3.63. The van der Waals surface area contributed by atoms with Crippen molar-refractivity contribution in [3.63, 3.8) is 0 Å². The van der Waals surface area contributed by atoms with Gasteiger partial charge in [-0.05, 0) is 18.8 Å². The van der Waals surface area contributed by atoms with Gasteiger partial charge in [0, 0.05) is 6.42 Å². The van der Waals surface area contributed by atoms with E-state index in [0.717, 1.165) is 25.3 Å². The first-order valence-electron chi connectivity index (χ1n) is 11.4. The van der Waals surface area contributed by atoms with Crippen molar-refractivity contribution in [2.75, 3.05) is 71.6 Å². The van der Waals surface area contributed by atoms with Gasteiger partial charge in [-0.1, -0.05) is 39.5 Å². The first kappa shape index (κ1) is 29.7. The molecule has 0 fully saturated rings. The minimum absolute atomic E-state index is 0.0290. The number of aliphatic hydroxyl groups excluding tert-OH is 2. The van der Waals surface area contributed by atoms with Gasteiger partial charge in [0.1, 0.15) is 13.1 Å². The van der Waals surface area contributed by atoms with E-state index in [1.54, 1.807) is 0 Å². The lowest BCUT2D eigenvalue weighted by Gasteiger charge is -2.39. The van der Waals surface area contributed by atoms with Crippen LogP contribution in [0.15, 0.2) is 0 Å². The molecule has 8 nitrogen and oxygen atoms in total. The summed E-state index contributed by atoms with van der Waals surface area (Å²) in [6.07, 6.45) is 7.49. The van der Waals surface area contributed by atoms with Gasteiger partial charge in [0.25, 0.3) is 10.1 Å². The number of hydrogen-bond acceptors (Lipinski definition) is 6.